The van der Waals surface area contributed by atoms with Crippen LogP contribution >= 0.6 is 0 Å². The molecule has 0 spiro atoms. The summed E-state index contributed by atoms with van der Waals surface area (Å²) in [5, 5.41) is 0. The molecule has 1 unspecified atom stereocenters. The van der Waals surface area contributed by atoms with Gasteiger partial charge in [-0.3, -0.25) is 14.4 Å². The van der Waals surface area contributed by atoms with Gasteiger partial charge in [0.1, 0.15) is 13.2 Å². The van der Waals surface area contributed by atoms with Gasteiger partial charge in [0.15, 0.2) is 6.10 Å². The summed E-state index contributed by atoms with van der Waals surface area (Å²) < 4.78 is 16.7. The molecular formula is C49H90O6. The lowest BCUT2D eigenvalue weighted by atomic mass is 10.1. The Morgan fingerprint density at radius 1 is 0.345 bits per heavy atom. The number of rotatable bonds is 43. The van der Waals surface area contributed by atoms with Crippen LogP contribution in [0.1, 0.15) is 252 Å². The number of unbranched alkanes of at least 4 members (excludes halogenated alkanes) is 28. The van der Waals surface area contributed by atoms with Crippen molar-refractivity contribution < 1.29 is 28.6 Å². The van der Waals surface area contributed by atoms with E-state index in [4.69, 9.17) is 14.2 Å². The van der Waals surface area contributed by atoms with Gasteiger partial charge in [0.25, 0.3) is 0 Å². The fourth-order valence-corrected chi connectivity index (χ4v) is 6.77. The summed E-state index contributed by atoms with van der Waals surface area (Å²) in [6.07, 6.45) is 48.8. The molecule has 0 aromatic carbocycles. The Morgan fingerprint density at radius 2 is 0.618 bits per heavy atom. The van der Waals surface area contributed by atoms with Crippen molar-refractivity contribution in [2.75, 3.05) is 13.2 Å². The lowest BCUT2D eigenvalue weighted by Gasteiger charge is -2.18. The predicted octanol–water partition coefficient (Wildman–Crippen LogP) is 15.2. The molecule has 0 aromatic rings. The first-order chi connectivity index (χ1) is 27.0. The molecule has 0 aromatic heterocycles. The van der Waals surface area contributed by atoms with Gasteiger partial charge in [-0.25, -0.2) is 0 Å². The SMILES string of the molecule is CCCC/C=C\CCCCCCCC(=O)OC(COC(=O)CCCCCCCCC/C=C\CCCCCCCC)COC(=O)CCCCCCCCCCC. The minimum Gasteiger partial charge on any atom is -0.462 e. The van der Waals surface area contributed by atoms with Crippen molar-refractivity contribution in [2.24, 2.45) is 0 Å². The van der Waals surface area contributed by atoms with E-state index in [1.807, 2.05) is 0 Å². The Kier molecular flexibility index (Phi) is 42.9. The highest BCUT2D eigenvalue weighted by atomic mass is 16.6. The average molecular weight is 775 g/mol. The van der Waals surface area contributed by atoms with Crippen molar-refractivity contribution in [1.29, 1.82) is 0 Å². The van der Waals surface area contributed by atoms with Crippen LogP contribution in [0, 0.1) is 0 Å². The molecule has 55 heavy (non-hydrogen) atoms. The van der Waals surface area contributed by atoms with Crippen molar-refractivity contribution >= 4 is 17.9 Å². The van der Waals surface area contributed by atoms with Gasteiger partial charge in [0.2, 0.25) is 0 Å². The third kappa shape index (κ3) is 42.9. The van der Waals surface area contributed by atoms with E-state index in [2.05, 4.69) is 45.1 Å². The second-order valence-electron chi connectivity index (χ2n) is 16.0. The summed E-state index contributed by atoms with van der Waals surface area (Å²) in [5.41, 5.74) is 0. The van der Waals surface area contributed by atoms with E-state index in [-0.39, 0.29) is 31.1 Å². The van der Waals surface area contributed by atoms with E-state index in [0.29, 0.717) is 19.3 Å². The largest absolute Gasteiger partial charge is 0.462 e. The second-order valence-corrected chi connectivity index (χ2v) is 16.0. The third-order valence-electron chi connectivity index (χ3n) is 10.4. The van der Waals surface area contributed by atoms with Crippen molar-refractivity contribution in [2.45, 2.75) is 258 Å². The van der Waals surface area contributed by atoms with Crippen LogP contribution in [0.5, 0.6) is 0 Å². The number of carbonyl (C=O) groups is 3. The van der Waals surface area contributed by atoms with Crippen LogP contribution in [0.4, 0.5) is 0 Å². The zero-order valence-electron chi connectivity index (χ0n) is 36.7. The summed E-state index contributed by atoms with van der Waals surface area (Å²) in [6.45, 7) is 6.57. The van der Waals surface area contributed by atoms with E-state index in [0.717, 1.165) is 70.6 Å². The maximum Gasteiger partial charge on any atom is 0.306 e. The van der Waals surface area contributed by atoms with Crippen molar-refractivity contribution in [3.63, 3.8) is 0 Å². The molecule has 0 fully saturated rings. The standard InChI is InChI=1S/C49H90O6/c1-4-7-10-13-16-19-21-22-23-24-25-26-28-30-33-36-39-42-48(51)54-45-46(44-53-47(50)41-38-35-32-29-18-15-12-9-6-3)55-49(52)43-40-37-34-31-27-20-17-14-11-8-5-2/h14,17,22-23,46H,4-13,15-16,18-21,24-45H2,1-3H3/b17-14-,23-22-. The molecule has 6 nitrogen and oxygen atoms in total. The molecule has 0 rings (SSSR count). The van der Waals surface area contributed by atoms with Gasteiger partial charge in [0.05, 0.1) is 0 Å². The number of hydrogen-bond acceptors (Lipinski definition) is 6. The summed E-state index contributed by atoms with van der Waals surface area (Å²) in [6, 6.07) is 0. The highest BCUT2D eigenvalue weighted by Crippen LogP contribution is 2.14. The summed E-state index contributed by atoms with van der Waals surface area (Å²) >= 11 is 0. The number of esters is 3. The molecule has 0 aliphatic heterocycles. The molecule has 0 radical (unpaired) electrons. The van der Waals surface area contributed by atoms with E-state index >= 15 is 0 Å². The molecule has 0 saturated heterocycles. The Balaban J connectivity index is 4.29. The predicted molar refractivity (Wildman–Crippen MR) is 233 cm³/mol. The van der Waals surface area contributed by atoms with E-state index in [1.165, 1.54) is 141 Å². The van der Waals surface area contributed by atoms with E-state index in [9.17, 15) is 14.4 Å². The molecule has 6 heteroatoms. The summed E-state index contributed by atoms with van der Waals surface area (Å²) in [7, 11) is 0. The topological polar surface area (TPSA) is 78.9 Å². The summed E-state index contributed by atoms with van der Waals surface area (Å²) in [4.78, 5) is 37.7. The third-order valence-corrected chi connectivity index (χ3v) is 10.4. The van der Waals surface area contributed by atoms with Crippen LogP contribution < -0.4 is 0 Å². The molecule has 0 saturated carbocycles. The highest BCUT2D eigenvalue weighted by molar-refractivity contribution is 5.71. The van der Waals surface area contributed by atoms with Gasteiger partial charge >= 0.3 is 17.9 Å². The molecule has 322 valence electrons. The fraction of sp³-hybridized carbons (Fsp3) is 0.857. The molecule has 0 N–H and O–H groups in total. The number of hydrogen-bond donors (Lipinski definition) is 0. The number of carbonyl (C=O) groups excluding carboxylic acids is 3. The molecule has 0 amide bonds. The normalized spacial score (nSPS) is 12.1. The maximum absolute atomic E-state index is 12.7. The van der Waals surface area contributed by atoms with Crippen LogP contribution in [0.25, 0.3) is 0 Å². The number of ether oxygens (including phenoxy) is 3. The van der Waals surface area contributed by atoms with E-state index in [1.54, 1.807) is 0 Å². The van der Waals surface area contributed by atoms with Crippen LogP contribution in [-0.4, -0.2) is 37.2 Å². The number of allylic oxidation sites excluding steroid dienone is 4. The van der Waals surface area contributed by atoms with Crippen LogP contribution in [-0.2, 0) is 28.6 Å². The quantitative estimate of drug-likeness (QED) is 0.0266. The second kappa shape index (κ2) is 44.6. The molecule has 0 heterocycles. The first-order valence-electron chi connectivity index (χ1n) is 23.8. The molecule has 0 bridgehead atoms. The Morgan fingerprint density at radius 3 is 0.964 bits per heavy atom. The van der Waals surface area contributed by atoms with Crippen molar-refractivity contribution in [1.82, 2.24) is 0 Å². The first-order valence-corrected chi connectivity index (χ1v) is 23.8. The van der Waals surface area contributed by atoms with Gasteiger partial charge in [-0.2, -0.15) is 0 Å². The monoisotopic (exact) mass is 775 g/mol. The molecular weight excluding hydrogens is 685 g/mol. The zero-order chi connectivity index (χ0) is 40.1. The molecule has 1 atom stereocenters. The Bertz CT molecular complexity index is 896. The zero-order valence-corrected chi connectivity index (χ0v) is 36.7. The van der Waals surface area contributed by atoms with Gasteiger partial charge in [-0.15, -0.1) is 0 Å². The Labute approximate surface area is 341 Å². The minimum absolute atomic E-state index is 0.0734. The van der Waals surface area contributed by atoms with Gasteiger partial charge in [-0.05, 0) is 64.2 Å². The Hall–Kier alpha value is -2.11. The smallest absolute Gasteiger partial charge is 0.306 e. The van der Waals surface area contributed by atoms with Crippen molar-refractivity contribution in [3.05, 3.63) is 24.3 Å². The molecule has 0 aliphatic carbocycles. The highest BCUT2D eigenvalue weighted by Gasteiger charge is 2.19. The minimum atomic E-state index is -0.770. The lowest BCUT2D eigenvalue weighted by molar-refractivity contribution is -0.167. The van der Waals surface area contributed by atoms with Crippen LogP contribution in [0.15, 0.2) is 24.3 Å². The average Bonchev–Trinajstić information content (AvgIpc) is 3.18. The lowest BCUT2D eigenvalue weighted by Crippen LogP contribution is -2.30. The van der Waals surface area contributed by atoms with Gasteiger partial charge in [-0.1, -0.05) is 193 Å². The summed E-state index contributed by atoms with van der Waals surface area (Å²) in [5.74, 6) is -0.885. The van der Waals surface area contributed by atoms with Crippen LogP contribution in [0.2, 0.25) is 0 Å². The van der Waals surface area contributed by atoms with E-state index < -0.39 is 6.10 Å². The van der Waals surface area contributed by atoms with Gasteiger partial charge < -0.3 is 14.2 Å². The van der Waals surface area contributed by atoms with Crippen molar-refractivity contribution in [3.8, 4) is 0 Å². The van der Waals surface area contributed by atoms with Crippen LogP contribution in [0.3, 0.4) is 0 Å². The fourth-order valence-electron chi connectivity index (χ4n) is 6.77. The first kappa shape index (κ1) is 52.9. The maximum atomic E-state index is 12.7. The molecule has 0 aliphatic rings. The van der Waals surface area contributed by atoms with Gasteiger partial charge in [0, 0.05) is 19.3 Å².